The van der Waals surface area contributed by atoms with Crippen LogP contribution >= 0.6 is 11.6 Å². The lowest BCUT2D eigenvalue weighted by Crippen LogP contribution is -2.16. The number of nitrogens with one attached hydrogen (secondary N) is 1. The molecule has 21 heavy (non-hydrogen) atoms. The van der Waals surface area contributed by atoms with Gasteiger partial charge in [0.1, 0.15) is 0 Å². The summed E-state index contributed by atoms with van der Waals surface area (Å²) in [5.74, 6) is 0. The van der Waals surface area contributed by atoms with Gasteiger partial charge in [0.15, 0.2) is 0 Å². The van der Waals surface area contributed by atoms with Crippen molar-refractivity contribution < 1.29 is 0 Å². The first-order valence-electron chi connectivity index (χ1n) is 7.61. The molecule has 114 valence electrons. The van der Waals surface area contributed by atoms with Crippen molar-refractivity contribution in [2.75, 3.05) is 7.05 Å². The number of hydrogen-bond donors (Lipinski definition) is 1. The average Bonchev–Trinajstić information content (AvgIpc) is 2.80. The minimum Gasteiger partial charge on any atom is -0.313 e. The van der Waals surface area contributed by atoms with Crippen molar-refractivity contribution >= 4 is 11.6 Å². The first-order valence-corrected chi connectivity index (χ1v) is 7.99. The molecule has 1 heterocycles. The Morgan fingerprint density at radius 3 is 2.62 bits per heavy atom. The monoisotopic (exact) mass is 305 g/mol. The van der Waals surface area contributed by atoms with E-state index in [9.17, 15) is 0 Å². The Morgan fingerprint density at radius 1 is 1.29 bits per heavy atom. The van der Waals surface area contributed by atoms with E-state index in [1.54, 1.807) is 0 Å². The van der Waals surface area contributed by atoms with Gasteiger partial charge in [0.2, 0.25) is 0 Å². The maximum atomic E-state index is 6.36. The summed E-state index contributed by atoms with van der Waals surface area (Å²) in [6.07, 6.45) is 3.15. The second-order valence-electron chi connectivity index (χ2n) is 5.31. The van der Waals surface area contributed by atoms with Crippen molar-refractivity contribution in [2.45, 2.75) is 45.7 Å². The summed E-state index contributed by atoms with van der Waals surface area (Å²) in [6, 6.07) is 11.0. The number of aryl methyl sites for hydroxylation is 2. The van der Waals surface area contributed by atoms with Crippen LogP contribution < -0.4 is 5.32 Å². The Hall–Kier alpha value is -1.32. The predicted molar refractivity (Wildman–Crippen MR) is 88.8 cm³/mol. The molecule has 1 aromatic carbocycles. The van der Waals surface area contributed by atoms with Crippen LogP contribution in [0.1, 0.15) is 42.8 Å². The first kappa shape index (κ1) is 16.1. The van der Waals surface area contributed by atoms with Crippen molar-refractivity contribution in [3.05, 3.63) is 52.3 Å². The van der Waals surface area contributed by atoms with Gasteiger partial charge in [-0.3, -0.25) is 4.68 Å². The Balaban J connectivity index is 1.97. The van der Waals surface area contributed by atoms with Crippen LogP contribution in [0, 0.1) is 6.92 Å². The van der Waals surface area contributed by atoms with Crippen LogP contribution in [0.25, 0.3) is 0 Å². The largest absolute Gasteiger partial charge is 0.313 e. The quantitative estimate of drug-likeness (QED) is 0.833. The van der Waals surface area contributed by atoms with Crippen molar-refractivity contribution in [3.63, 3.8) is 0 Å². The van der Waals surface area contributed by atoms with E-state index in [2.05, 4.69) is 47.7 Å². The van der Waals surface area contributed by atoms with E-state index in [1.165, 1.54) is 11.3 Å². The highest BCUT2D eigenvalue weighted by molar-refractivity contribution is 6.31. The fourth-order valence-corrected chi connectivity index (χ4v) is 2.97. The fourth-order valence-electron chi connectivity index (χ4n) is 2.74. The number of hydrogen-bond acceptors (Lipinski definition) is 2. The highest BCUT2D eigenvalue weighted by Gasteiger charge is 2.14. The van der Waals surface area contributed by atoms with E-state index in [4.69, 9.17) is 11.6 Å². The standard InChI is InChI=1S/C17H24ClN3/c1-4-21-16(17(18)13(2)20-21)12-8-11-15(19-3)14-9-6-5-7-10-14/h5-7,9-10,15,19H,4,8,11-12H2,1-3H3. The zero-order valence-corrected chi connectivity index (χ0v) is 13.8. The summed E-state index contributed by atoms with van der Waals surface area (Å²) in [5, 5.41) is 8.70. The summed E-state index contributed by atoms with van der Waals surface area (Å²) in [4.78, 5) is 0. The topological polar surface area (TPSA) is 29.9 Å². The Labute approximate surface area is 132 Å². The molecule has 0 radical (unpaired) electrons. The van der Waals surface area contributed by atoms with E-state index in [1.807, 2.05) is 18.7 Å². The zero-order chi connectivity index (χ0) is 15.2. The number of aromatic nitrogens is 2. The second-order valence-corrected chi connectivity index (χ2v) is 5.68. The summed E-state index contributed by atoms with van der Waals surface area (Å²) in [6.45, 7) is 4.95. The van der Waals surface area contributed by atoms with Crippen LogP contribution in [0.5, 0.6) is 0 Å². The molecule has 0 aliphatic heterocycles. The van der Waals surface area contributed by atoms with Crippen LogP contribution in [0.3, 0.4) is 0 Å². The van der Waals surface area contributed by atoms with Crippen molar-refractivity contribution in [2.24, 2.45) is 0 Å². The molecule has 0 fully saturated rings. The molecule has 0 amide bonds. The lowest BCUT2D eigenvalue weighted by atomic mass is 10.0. The van der Waals surface area contributed by atoms with Gasteiger partial charge in [-0.2, -0.15) is 5.10 Å². The van der Waals surface area contributed by atoms with E-state index >= 15 is 0 Å². The molecule has 0 bridgehead atoms. The number of nitrogens with zero attached hydrogens (tertiary/aromatic N) is 2. The summed E-state index contributed by atoms with van der Waals surface area (Å²) >= 11 is 6.36. The summed E-state index contributed by atoms with van der Waals surface area (Å²) in [7, 11) is 2.02. The summed E-state index contributed by atoms with van der Waals surface area (Å²) in [5.41, 5.74) is 3.44. The van der Waals surface area contributed by atoms with Crippen molar-refractivity contribution in [1.29, 1.82) is 0 Å². The third kappa shape index (κ3) is 3.86. The molecule has 0 saturated carbocycles. The van der Waals surface area contributed by atoms with E-state index < -0.39 is 0 Å². The Bertz CT molecular complexity index is 563. The van der Waals surface area contributed by atoms with Crippen molar-refractivity contribution in [1.82, 2.24) is 15.1 Å². The number of halogens is 1. The van der Waals surface area contributed by atoms with Gasteiger partial charge in [-0.1, -0.05) is 41.9 Å². The Kier molecular flexibility index (Phi) is 5.83. The first-order chi connectivity index (χ1) is 10.2. The molecule has 3 nitrogen and oxygen atoms in total. The zero-order valence-electron chi connectivity index (χ0n) is 13.1. The molecule has 1 atom stereocenters. The molecule has 0 saturated heterocycles. The van der Waals surface area contributed by atoms with E-state index in [0.717, 1.165) is 36.5 Å². The number of benzene rings is 1. The van der Waals surface area contributed by atoms with Crippen LogP contribution in [-0.4, -0.2) is 16.8 Å². The lowest BCUT2D eigenvalue weighted by Gasteiger charge is -2.16. The molecular formula is C17H24ClN3. The molecule has 0 spiro atoms. The third-order valence-electron chi connectivity index (χ3n) is 3.91. The smallest absolute Gasteiger partial charge is 0.0847 e. The molecule has 1 aromatic heterocycles. The van der Waals surface area contributed by atoms with Crippen molar-refractivity contribution in [3.8, 4) is 0 Å². The van der Waals surface area contributed by atoms with Crippen LogP contribution in [0.2, 0.25) is 5.02 Å². The van der Waals surface area contributed by atoms with Gasteiger partial charge in [0, 0.05) is 12.6 Å². The van der Waals surface area contributed by atoms with Gasteiger partial charge in [-0.05, 0) is 45.7 Å². The highest BCUT2D eigenvalue weighted by atomic mass is 35.5. The highest BCUT2D eigenvalue weighted by Crippen LogP contribution is 2.24. The van der Waals surface area contributed by atoms with Gasteiger partial charge < -0.3 is 5.32 Å². The average molecular weight is 306 g/mol. The minimum absolute atomic E-state index is 0.393. The molecule has 2 rings (SSSR count). The molecule has 0 aliphatic carbocycles. The van der Waals surface area contributed by atoms with Gasteiger partial charge >= 0.3 is 0 Å². The van der Waals surface area contributed by atoms with E-state index in [0.29, 0.717) is 6.04 Å². The molecule has 1 unspecified atom stereocenters. The molecule has 1 N–H and O–H groups in total. The SMILES string of the molecule is CCn1nc(C)c(Cl)c1CCCC(NC)c1ccccc1. The van der Waals surface area contributed by atoms with Crippen LogP contribution in [0.4, 0.5) is 0 Å². The third-order valence-corrected chi connectivity index (χ3v) is 4.40. The van der Waals surface area contributed by atoms with Crippen LogP contribution in [0.15, 0.2) is 30.3 Å². The lowest BCUT2D eigenvalue weighted by molar-refractivity contribution is 0.515. The molecular weight excluding hydrogens is 282 g/mol. The van der Waals surface area contributed by atoms with Crippen LogP contribution in [-0.2, 0) is 13.0 Å². The Morgan fingerprint density at radius 2 is 2.00 bits per heavy atom. The van der Waals surface area contributed by atoms with E-state index in [-0.39, 0.29) is 0 Å². The summed E-state index contributed by atoms with van der Waals surface area (Å²) < 4.78 is 2.02. The fraction of sp³-hybridized carbons (Fsp3) is 0.471. The molecule has 0 aliphatic rings. The predicted octanol–water partition coefficient (Wildman–Crippen LogP) is 4.15. The number of rotatable bonds is 7. The van der Waals surface area contributed by atoms with Gasteiger partial charge in [0.05, 0.1) is 16.4 Å². The molecule has 2 aromatic rings. The maximum Gasteiger partial charge on any atom is 0.0847 e. The molecule has 4 heteroatoms. The normalized spacial score (nSPS) is 12.6. The van der Waals surface area contributed by atoms with Gasteiger partial charge in [-0.15, -0.1) is 0 Å². The van der Waals surface area contributed by atoms with Gasteiger partial charge in [0.25, 0.3) is 0 Å². The second kappa shape index (κ2) is 7.62. The van der Waals surface area contributed by atoms with Gasteiger partial charge in [-0.25, -0.2) is 0 Å². The minimum atomic E-state index is 0.393. The maximum absolute atomic E-state index is 6.36.